The maximum absolute atomic E-state index is 12.3. The van der Waals surface area contributed by atoms with Crippen molar-refractivity contribution in [3.05, 3.63) is 38.9 Å². The number of carbonyl (C=O) groups is 1. The summed E-state index contributed by atoms with van der Waals surface area (Å²) in [6, 6.07) is 4.35. The lowest BCUT2D eigenvalue weighted by Gasteiger charge is -2.21. The van der Waals surface area contributed by atoms with Crippen LogP contribution in [0, 0.1) is 16.0 Å². The number of hydrogen-bond acceptors (Lipinski definition) is 3. The molecule has 0 saturated carbocycles. The summed E-state index contributed by atoms with van der Waals surface area (Å²) in [5.41, 5.74) is 0.0875. The summed E-state index contributed by atoms with van der Waals surface area (Å²) in [5, 5.41) is 10.9. The molecule has 6 heteroatoms. The van der Waals surface area contributed by atoms with E-state index in [0.717, 1.165) is 6.42 Å². The van der Waals surface area contributed by atoms with Gasteiger partial charge < -0.3 is 4.90 Å². The van der Waals surface area contributed by atoms with Crippen LogP contribution >= 0.6 is 11.6 Å². The lowest BCUT2D eigenvalue weighted by molar-refractivity contribution is -0.384. The van der Waals surface area contributed by atoms with Crippen LogP contribution in [0.3, 0.4) is 0 Å². The van der Waals surface area contributed by atoms with Crippen LogP contribution in [0.25, 0.3) is 0 Å². The molecule has 0 N–H and O–H groups in total. The molecule has 0 aliphatic carbocycles. The van der Waals surface area contributed by atoms with Crippen molar-refractivity contribution in [2.45, 2.75) is 26.3 Å². The first-order chi connectivity index (χ1) is 8.90. The van der Waals surface area contributed by atoms with Gasteiger partial charge in [0, 0.05) is 24.2 Å². The molecule has 1 aliphatic rings. The molecule has 0 spiro atoms. The van der Waals surface area contributed by atoms with E-state index in [9.17, 15) is 14.9 Å². The molecule has 1 fully saturated rings. The Morgan fingerprint density at radius 1 is 1.47 bits per heavy atom. The number of amides is 1. The Morgan fingerprint density at radius 2 is 2.16 bits per heavy atom. The Balaban J connectivity index is 2.29. The molecule has 1 heterocycles. The van der Waals surface area contributed by atoms with Gasteiger partial charge in [0.15, 0.2) is 0 Å². The van der Waals surface area contributed by atoms with E-state index >= 15 is 0 Å². The molecule has 19 heavy (non-hydrogen) atoms. The molecular formula is C13H15ClN2O3. The number of likely N-dealkylation sites (tertiary alicyclic amines) is 1. The highest BCUT2D eigenvalue weighted by atomic mass is 35.5. The zero-order valence-corrected chi connectivity index (χ0v) is 11.6. The Bertz CT molecular complexity index is 533. The topological polar surface area (TPSA) is 63.5 Å². The fraction of sp³-hybridized carbons (Fsp3) is 0.462. The quantitative estimate of drug-likeness (QED) is 0.618. The number of nitrogens with zero attached hydrogens (tertiary/aromatic N) is 2. The number of benzene rings is 1. The van der Waals surface area contributed by atoms with E-state index in [2.05, 4.69) is 6.92 Å². The van der Waals surface area contributed by atoms with Gasteiger partial charge in [0.05, 0.1) is 4.92 Å². The van der Waals surface area contributed by atoms with E-state index in [0.29, 0.717) is 18.0 Å². The van der Waals surface area contributed by atoms with Crippen LogP contribution in [0.2, 0.25) is 5.02 Å². The SMILES string of the molecule is CC1CC(C)N(C(=O)c2ccc(Cl)c([N+](=O)[O-])c2)C1. The van der Waals surface area contributed by atoms with Crippen molar-refractivity contribution in [3.63, 3.8) is 0 Å². The molecule has 1 aliphatic heterocycles. The largest absolute Gasteiger partial charge is 0.336 e. The van der Waals surface area contributed by atoms with Gasteiger partial charge in [0.1, 0.15) is 5.02 Å². The van der Waals surface area contributed by atoms with Crippen LogP contribution in [0.15, 0.2) is 18.2 Å². The van der Waals surface area contributed by atoms with Gasteiger partial charge in [-0.15, -0.1) is 0 Å². The highest BCUT2D eigenvalue weighted by Crippen LogP contribution is 2.28. The third-order valence-electron chi connectivity index (χ3n) is 3.43. The fourth-order valence-electron chi connectivity index (χ4n) is 2.53. The Hall–Kier alpha value is -1.62. The standard InChI is InChI=1S/C13H15ClN2O3/c1-8-5-9(2)15(7-8)13(17)10-3-4-11(14)12(6-10)16(18)19/h3-4,6,8-9H,5,7H2,1-2H3. The van der Waals surface area contributed by atoms with E-state index in [4.69, 9.17) is 11.6 Å². The van der Waals surface area contributed by atoms with Crippen molar-refractivity contribution < 1.29 is 9.72 Å². The van der Waals surface area contributed by atoms with Gasteiger partial charge in [-0.2, -0.15) is 0 Å². The van der Waals surface area contributed by atoms with Crippen molar-refractivity contribution >= 4 is 23.2 Å². The molecule has 2 atom stereocenters. The van der Waals surface area contributed by atoms with Crippen molar-refractivity contribution in [3.8, 4) is 0 Å². The molecule has 0 radical (unpaired) electrons. The molecular weight excluding hydrogens is 268 g/mol. The first kappa shape index (κ1) is 13.8. The van der Waals surface area contributed by atoms with Crippen LogP contribution in [0.1, 0.15) is 30.6 Å². The van der Waals surface area contributed by atoms with E-state index in [1.165, 1.54) is 18.2 Å². The summed E-state index contributed by atoms with van der Waals surface area (Å²) in [6.45, 7) is 4.77. The Kier molecular flexibility index (Phi) is 3.75. The molecule has 2 unspecified atom stereocenters. The zero-order valence-electron chi connectivity index (χ0n) is 10.8. The highest BCUT2D eigenvalue weighted by molar-refractivity contribution is 6.32. The lowest BCUT2D eigenvalue weighted by Crippen LogP contribution is -2.33. The lowest BCUT2D eigenvalue weighted by atomic mass is 10.1. The highest BCUT2D eigenvalue weighted by Gasteiger charge is 2.31. The number of rotatable bonds is 2. The smallest absolute Gasteiger partial charge is 0.288 e. The van der Waals surface area contributed by atoms with Crippen molar-refractivity contribution in [2.75, 3.05) is 6.54 Å². The van der Waals surface area contributed by atoms with Crippen LogP contribution in [0.5, 0.6) is 0 Å². The second kappa shape index (κ2) is 5.17. The van der Waals surface area contributed by atoms with E-state index < -0.39 is 4.92 Å². The maximum atomic E-state index is 12.3. The summed E-state index contributed by atoms with van der Waals surface area (Å²) >= 11 is 5.74. The third kappa shape index (κ3) is 2.71. The third-order valence-corrected chi connectivity index (χ3v) is 3.75. The number of hydrogen-bond donors (Lipinski definition) is 0. The zero-order chi connectivity index (χ0) is 14.2. The average molecular weight is 283 g/mol. The maximum Gasteiger partial charge on any atom is 0.288 e. The minimum Gasteiger partial charge on any atom is -0.336 e. The summed E-state index contributed by atoms with van der Waals surface area (Å²) < 4.78 is 0. The van der Waals surface area contributed by atoms with Gasteiger partial charge >= 0.3 is 0 Å². The summed E-state index contributed by atoms with van der Waals surface area (Å²) in [7, 11) is 0. The number of nitro groups is 1. The average Bonchev–Trinajstić information content (AvgIpc) is 2.68. The molecule has 1 amide bonds. The normalized spacial score (nSPS) is 22.6. The van der Waals surface area contributed by atoms with Crippen LogP contribution < -0.4 is 0 Å². The van der Waals surface area contributed by atoms with Crippen LogP contribution in [0.4, 0.5) is 5.69 Å². The molecule has 2 rings (SSSR count). The summed E-state index contributed by atoms with van der Waals surface area (Å²) in [5.74, 6) is 0.290. The minimum absolute atomic E-state index is 0.0457. The molecule has 1 saturated heterocycles. The van der Waals surface area contributed by atoms with Gasteiger partial charge in [-0.3, -0.25) is 14.9 Å². The van der Waals surface area contributed by atoms with Crippen LogP contribution in [-0.2, 0) is 0 Å². The number of carbonyl (C=O) groups excluding carboxylic acids is 1. The van der Waals surface area contributed by atoms with Crippen molar-refractivity contribution in [2.24, 2.45) is 5.92 Å². The fourth-order valence-corrected chi connectivity index (χ4v) is 2.72. The second-order valence-electron chi connectivity index (χ2n) is 5.07. The predicted molar refractivity (Wildman–Crippen MR) is 72.4 cm³/mol. The minimum atomic E-state index is -0.574. The van der Waals surface area contributed by atoms with E-state index in [1.807, 2.05) is 6.92 Å². The molecule has 0 aromatic heterocycles. The molecule has 1 aromatic rings. The summed E-state index contributed by atoms with van der Waals surface area (Å²) in [6.07, 6.45) is 0.960. The Labute approximate surface area is 116 Å². The molecule has 102 valence electrons. The van der Waals surface area contributed by atoms with E-state index in [-0.39, 0.29) is 22.7 Å². The van der Waals surface area contributed by atoms with Crippen LogP contribution in [-0.4, -0.2) is 28.3 Å². The number of nitro benzene ring substituents is 1. The van der Waals surface area contributed by atoms with Gasteiger partial charge in [-0.05, 0) is 31.4 Å². The molecule has 5 nitrogen and oxygen atoms in total. The number of halogens is 1. The monoisotopic (exact) mass is 282 g/mol. The van der Waals surface area contributed by atoms with Gasteiger partial charge in [-0.25, -0.2) is 0 Å². The first-order valence-electron chi connectivity index (χ1n) is 6.15. The van der Waals surface area contributed by atoms with Crippen molar-refractivity contribution in [1.29, 1.82) is 0 Å². The van der Waals surface area contributed by atoms with Gasteiger partial charge in [0.2, 0.25) is 0 Å². The van der Waals surface area contributed by atoms with E-state index in [1.54, 1.807) is 4.90 Å². The van der Waals surface area contributed by atoms with Gasteiger partial charge in [-0.1, -0.05) is 18.5 Å². The Morgan fingerprint density at radius 3 is 2.68 bits per heavy atom. The van der Waals surface area contributed by atoms with Crippen molar-refractivity contribution in [1.82, 2.24) is 4.90 Å². The predicted octanol–water partition coefficient (Wildman–Crippen LogP) is 3.12. The molecule has 1 aromatic carbocycles. The summed E-state index contributed by atoms with van der Waals surface area (Å²) in [4.78, 5) is 24.4. The second-order valence-corrected chi connectivity index (χ2v) is 5.48. The molecule has 0 bridgehead atoms. The first-order valence-corrected chi connectivity index (χ1v) is 6.53. The van der Waals surface area contributed by atoms with Gasteiger partial charge in [0.25, 0.3) is 11.6 Å².